The highest BCUT2D eigenvalue weighted by Crippen LogP contribution is 1.98. The standard InChI is InChI=1S/C8H10ClSi/c1-7-5-3-4-6-8(7)10(2)9/h3-6H,1-2H3. The van der Waals surface area contributed by atoms with E-state index in [1.807, 2.05) is 12.1 Å². The van der Waals surface area contributed by atoms with Gasteiger partial charge in [0.1, 0.15) is 0 Å². The molecule has 1 rings (SSSR count). The largest absolute Gasteiger partial charge is 0.196 e. The molecule has 0 nitrogen and oxygen atoms in total. The average molecular weight is 170 g/mol. The van der Waals surface area contributed by atoms with Gasteiger partial charge in [0.05, 0.1) is 0 Å². The van der Waals surface area contributed by atoms with Gasteiger partial charge in [-0.05, 0) is 12.1 Å². The fourth-order valence-electron chi connectivity index (χ4n) is 0.959. The molecule has 0 aliphatic rings. The fourth-order valence-corrected chi connectivity index (χ4v) is 2.55. The van der Waals surface area contributed by atoms with E-state index in [1.54, 1.807) is 0 Å². The summed E-state index contributed by atoms with van der Waals surface area (Å²) in [6.45, 7) is 4.19. The molecule has 0 aromatic heterocycles. The molecule has 0 aliphatic heterocycles. The number of halogens is 1. The molecule has 0 fully saturated rings. The molecule has 1 aromatic rings. The third kappa shape index (κ3) is 1.61. The Balaban J connectivity index is 3.03. The van der Waals surface area contributed by atoms with Crippen LogP contribution in [-0.2, 0) is 0 Å². The summed E-state index contributed by atoms with van der Waals surface area (Å²) in [6, 6.07) is 8.29. The first-order valence-corrected chi connectivity index (χ1v) is 6.28. The van der Waals surface area contributed by atoms with Crippen LogP contribution < -0.4 is 5.19 Å². The minimum Gasteiger partial charge on any atom is -0.163 e. The molecule has 0 heterocycles. The number of hydrogen-bond acceptors (Lipinski definition) is 0. The Morgan fingerprint density at radius 2 is 1.90 bits per heavy atom. The third-order valence-electron chi connectivity index (χ3n) is 1.52. The van der Waals surface area contributed by atoms with Crippen molar-refractivity contribution in [2.24, 2.45) is 0 Å². The maximum atomic E-state index is 6.01. The van der Waals surface area contributed by atoms with Crippen molar-refractivity contribution in [1.82, 2.24) is 0 Å². The van der Waals surface area contributed by atoms with Crippen LogP contribution in [0.2, 0.25) is 6.55 Å². The lowest BCUT2D eigenvalue weighted by molar-refractivity contribution is 1.51. The van der Waals surface area contributed by atoms with Crippen molar-refractivity contribution in [1.29, 1.82) is 0 Å². The summed E-state index contributed by atoms with van der Waals surface area (Å²) in [5, 5.41) is 1.33. The Hall–Kier alpha value is -0.273. The summed E-state index contributed by atoms with van der Waals surface area (Å²) in [6.07, 6.45) is 0. The van der Waals surface area contributed by atoms with Crippen molar-refractivity contribution in [3.8, 4) is 0 Å². The van der Waals surface area contributed by atoms with Crippen LogP contribution in [0.1, 0.15) is 5.56 Å². The van der Waals surface area contributed by atoms with Gasteiger partial charge in [0.25, 0.3) is 0 Å². The highest BCUT2D eigenvalue weighted by Gasteiger charge is 2.04. The first kappa shape index (κ1) is 7.83. The highest BCUT2D eigenvalue weighted by molar-refractivity contribution is 7.13. The number of rotatable bonds is 1. The van der Waals surface area contributed by atoms with Gasteiger partial charge in [0, 0.05) is 0 Å². The maximum absolute atomic E-state index is 6.01. The molecule has 2 heteroatoms. The van der Waals surface area contributed by atoms with Crippen LogP contribution in [-0.4, -0.2) is 8.11 Å². The van der Waals surface area contributed by atoms with E-state index in [1.165, 1.54) is 10.8 Å². The highest BCUT2D eigenvalue weighted by atomic mass is 35.6. The van der Waals surface area contributed by atoms with Gasteiger partial charge < -0.3 is 0 Å². The summed E-state index contributed by atoms with van der Waals surface area (Å²) in [4.78, 5) is 0. The van der Waals surface area contributed by atoms with Crippen LogP contribution in [0.3, 0.4) is 0 Å². The number of hydrogen-bond donors (Lipinski definition) is 0. The Morgan fingerprint density at radius 1 is 1.30 bits per heavy atom. The van der Waals surface area contributed by atoms with E-state index in [2.05, 4.69) is 25.6 Å². The lowest BCUT2D eigenvalue weighted by Gasteiger charge is -2.03. The summed E-state index contributed by atoms with van der Waals surface area (Å²) < 4.78 is 0. The first-order chi connectivity index (χ1) is 4.72. The van der Waals surface area contributed by atoms with Gasteiger partial charge in [-0.1, -0.05) is 36.4 Å². The van der Waals surface area contributed by atoms with Gasteiger partial charge in [0.15, 0.2) is 8.11 Å². The molecular formula is C8H10ClSi. The molecule has 1 aromatic carbocycles. The molecule has 53 valence electrons. The van der Waals surface area contributed by atoms with Crippen LogP contribution in [0, 0.1) is 6.92 Å². The van der Waals surface area contributed by atoms with E-state index in [-0.39, 0.29) is 0 Å². The molecule has 0 aliphatic carbocycles. The number of aryl methyl sites for hydroxylation is 1. The third-order valence-corrected chi connectivity index (χ3v) is 3.43. The Kier molecular flexibility index (Phi) is 2.52. The normalized spacial score (nSPS) is 10.4. The van der Waals surface area contributed by atoms with Crippen molar-refractivity contribution < 1.29 is 0 Å². The second-order valence-corrected chi connectivity index (χ2v) is 5.65. The minimum atomic E-state index is -0.770. The molecule has 0 amide bonds. The van der Waals surface area contributed by atoms with E-state index in [0.29, 0.717) is 0 Å². The predicted molar refractivity (Wildman–Crippen MR) is 48.3 cm³/mol. The Bertz CT molecular complexity index is 220. The molecule has 0 saturated heterocycles. The Morgan fingerprint density at radius 3 is 2.30 bits per heavy atom. The minimum absolute atomic E-state index is 0.770. The van der Waals surface area contributed by atoms with Crippen molar-refractivity contribution in [2.75, 3.05) is 0 Å². The summed E-state index contributed by atoms with van der Waals surface area (Å²) in [5.41, 5.74) is 1.31. The smallest absolute Gasteiger partial charge is 0.163 e. The molecule has 0 N–H and O–H groups in total. The molecule has 10 heavy (non-hydrogen) atoms. The van der Waals surface area contributed by atoms with Crippen LogP contribution in [0.4, 0.5) is 0 Å². The fraction of sp³-hybridized carbons (Fsp3) is 0.250. The lowest BCUT2D eigenvalue weighted by atomic mass is 10.2. The molecular weight excluding hydrogens is 160 g/mol. The second-order valence-electron chi connectivity index (χ2n) is 2.35. The lowest BCUT2D eigenvalue weighted by Crippen LogP contribution is -2.22. The van der Waals surface area contributed by atoms with E-state index in [9.17, 15) is 0 Å². The van der Waals surface area contributed by atoms with Gasteiger partial charge in [-0.25, -0.2) is 0 Å². The van der Waals surface area contributed by atoms with Crippen molar-refractivity contribution in [2.45, 2.75) is 13.5 Å². The zero-order valence-corrected chi connectivity index (χ0v) is 7.94. The summed E-state index contributed by atoms with van der Waals surface area (Å²) in [5.74, 6) is 0. The van der Waals surface area contributed by atoms with Crippen molar-refractivity contribution in [3.63, 3.8) is 0 Å². The van der Waals surface area contributed by atoms with E-state index < -0.39 is 8.11 Å². The van der Waals surface area contributed by atoms with Crippen LogP contribution in [0.25, 0.3) is 0 Å². The molecule has 0 spiro atoms. The van der Waals surface area contributed by atoms with Crippen molar-refractivity contribution in [3.05, 3.63) is 29.8 Å². The van der Waals surface area contributed by atoms with E-state index in [4.69, 9.17) is 11.1 Å². The number of benzene rings is 1. The molecule has 1 radical (unpaired) electrons. The summed E-state index contributed by atoms with van der Waals surface area (Å²) >= 11 is 6.01. The van der Waals surface area contributed by atoms with Crippen LogP contribution >= 0.6 is 11.1 Å². The topological polar surface area (TPSA) is 0 Å². The quantitative estimate of drug-likeness (QED) is 0.446. The average Bonchev–Trinajstić information content (AvgIpc) is 1.88. The van der Waals surface area contributed by atoms with E-state index >= 15 is 0 Å². The van der Waals surface area contributed by atoms with Crippen LogP contribution in [0.15, 0.2) is 24.3 Å². The first-order valence-electron chi connectivity index (χ1n) is 3.27. The van der Waals surface area contributed by atoms with Gasteiger partial charge >= 0.3 is 0 Å². The molecule has 0 atom stereocenters. The second kappa shape index (κ2) is 3.22. The zero-order chi connectivity index (χ0) is 7.56. The van der Waals surface area contributed by atoms with Crippen molar-refractivity contribution >= 4 is 24.4 Å². The van der Waals surface area contributed by atoms with Gasteiger partial charge in [0.2, 0.25) is 0 Å². The zero-order valence-electron chi connectivity index (χ0n) is 6.19. The van der Waals surface area contributed by atoms with Crippen LogP contribution in [0.5, 0.6) is 0 Å². The monoisotopic (exact) mass is 169 g/mol. The van der Waals surface area contributed by atoms with Gasteiger partial charge in [-0.2, -0.15) is 11.1 Å². The molecule has 0 bridgehead atoms. The van der Waals surface area contributed by atoms with E-state index in [0.717, 1.165) is 0 Å². The summed E-state index contributed by atoms with van der Waals surface area (Å²) in [7, 11) is -0.770. The van der Waals surface area contributed by atoms with Gasteiger partial charge in [-0.3, -0.25) is 0 Å². The van der Waals surface area contributed by atoms with Gasteiger partial charge in [-0.15, -0.1) is 0 Å². The Labute approximate surface area is 68.1 Å². The predicted octanol–water partition coefficient (Wildman–Crippen LogP) is 2.06. The molecule has 0 unspecified atom stereocenters. The molecule has 0 saturated carbocycles. The SMILES string of the molecule is Cc1ccccc1[Si](C)Cl. The maximum Gasteiger partial charge on any atom is 0.196 e.